The number of methoxy groups -OCH3 is 1. The first-order valence-electron chi connectivity index (χ1n) is 8.25. The Bertz CT molecular complexity index is 689. The fourth-order valence-electron chi connectivity index (χ4n) is 2.62. The highest BCUT2D eigenvalue weighted by Gasteiger charge is 2.26. The number of carbonyl (C=O) groups is 2. The monoisotopic (exact) mass is 340 g/mol. The number of amides is 1. The molecule has 0 fully saturated rings. The van der Waals surface area contributed by atoms with E-state index in [4.69, 9.17) is 10.5 Å². The Morgan fingerprint density at radius 1 is 1.00 bits per heavy atom. The number of hydrogen-bond donors (Lipinski definition) is 2. The van der Waals surface area contributed by atoms with Crippen LogP contribution in [0, 0.1) is 5.92 Å². The second-order valence-electron chi connectivity index (χ2n) is 5.98. The number of esters is 1. The Balaban J connectivity index is 2.11. The molecule has 0 bridgehead atoms. The van der Waals surface area contributed by atoms with Crippen LogP contribution in [0.3, 0.4) is 0 Å². The molecule has 0 aromatic heterocycles. The highest BCUT2D eigenvalue weighted by molar-refractivity contribution is 5.80. The van der Waals surface area contributed by atoms with Gasteiger partial charge in [0.1, 0.15) is 0 Å². The molecule has 0 spiro atoms. The van der Waals surface area contributed by atoms with E-state index < -0.39 is 18.0 Å². The Kier molecular flexibility index (Phi) is 6.71. The van der Waals surface area contributed by atoms with Crippen molar-refractivity contribution in [3.63, 3.8) is 0 Å². The number of carbonyl (C=O) groups excluding carboxylic acids is 2. The summed E-state index contributed by atoms with van der Waals surface area (Å²) in [5, 5.41) is 2.93. The Labute approximate surface area is 148 Å². The summed E-state index contributed by atoms with van der Waals surface area (Å²) in [4.78, 5) is 24.4. The standard InChI is InChI=1S/C20H24N2O3/c1-14(19(21)16-11-7-4-8-12-16)20(24)22-17(13-18(23)25-2)15-9-5-3-6-10-15/h3-12,14,17,19H,13,21H2,1-2H3,(H,22,24). The third kappa shape index (κ3) is 5.16. The molecule has 0 saturated carbocycles. The predicted octanol–water partition coefficient (Wildman–Crippen LogP) is 2.74. The topological polar surface area (TPSA) is 81.4 Å². The van der Waals surface area contributed by atoms with Crippen molar-refractivity contribution in [2.24, 2.45) is 11.7 Å². The average molecular weight is 340 g/mol. The van der Waals surface area contributed by atoms with Crippen molar-refractivity contribution in [2.45, 2.75) is 25.4 Å². The van der Waals surface area contributed by atoms with Gasteiger partial charge >= 0.3 is 5.97 Å². The Hall–Kier alpha value is -2.66. The van der Waals surface area contributed by atoms with Crippen LogP contribution < -0.4 is 11.1 Å². The van der Waals surface area contributed by atoms with E-state index in [9.17, 15) is 9.59 Å². The number of ether oxygens (including phenoxy) is 1. The molecular formula is C20H24N2O3. The van der Waals surface area contributed by atoms with Crippen LogP contribution in [-0.4, -0.2) is 19.0 Å². The lowest BCUT2D eigenvalue weighted by molar-refractivity contribution is -0.141. The number of hydrogen-bond acceptors (Lipinski definition) is 4. The zero-order valence-corrected chi connectivity index (χ0v) is 14.5. The quantitative estimate of drug-likeness (QED) is 0.759. The molecule has 2 aromatic rings. The van der Waals surface area contributed by atoms with Crippen LogP contribution in [0.15, 0.2) is 60.7 Å². The maximum absolute atomic E-state index is 12.7. The van der Waals surface area contributed by atoms with E-state index in [0.717, 1.165) is 11.1 Å². The summed E-state index contributed by atoms with van der Waals surface area (Å²) in [6.45, 7) is 1.78. The van der Waals surface area contributed by atoms with Crippen LogP contribution in [0.4, 0.5) is 0 Å². The Morgan fingerprint density at radius 2 is 1.52 bits per heavy atom. The molecule has 5 heteroatoms. The minimum atomic E-state index is -0.452. The normalized spacial score (nSPS) is 14.2. The number of rotatable bonds is 7. The number of nitrogens with one attached hydrogen (secondary N) is 1. The van der Waals surface area contributed by atoms with Gasteiger partial charge in [-0.1, -0.05) is 67.6 Å². The van der Waals surface area contributed by atoms with Gasteiger partial charge in [0.25, 0.3) is 0 Å². The van der Waals surface area contributed by atoms with Gasteiger partial charge in [-0.05, 0) is 11.1 Å². The molecule has 0 aliphatic rings. The lowest BCUT2D eigenvalue weighted by Crippen LogP contribution is -2.38. The van der Waals surface area contributed by atoms with Crippen molar-refractivity contribution < 1.29 is 14.3 Å². The van der Waals surface area contributed by atoms with E-state index in [0.29, 0.717) is 0 Å². The molecule has 2 rings (SSSR count). The van der Waals surface area contributed by atoms with Crippen LogP contribution in [-0.2, 0) is 14.3 Å². The molecule has 3 atom stereocenters. The van der Waals surface area contributed by atoms with Crippen molar-refractivity contribution in [1.29, 1.82) is 0 Å². The summed E-state index contributed by atoms with van der Waals surface area (Å²) < 4.78 is 4.75. The van der Waals surface area contributed by atoms with Crippen molar-refractivity contribution in [1.82, 2.24) is 5.32 Å². The van der Waals surface area contributed by atoms with Gasteiger partial charge in [-0.2, -0.15) is 0 Å². The smallest absolute Gasteiger partial charge is 0.307 e. The zero-order valence-electron chi connectivity index (χ0n) is 14.5. The van der Waals surface area contributed by atoms with Crippen LogP contribution in [0.1, 0.15) is 36.6 Å². The first kappa shape index (κ1) is 18.7. The molecule has 1 amide bonds. The van der Waals surface area contributed by atoms with Crippen LogP contribution in [0.5, 0.6) is 0 Å². The molecule has 2 aromatic carbocycles. The molecular weight excluding hydrogens is 316 g/mol. The summed E-state index contributed by atoms with van der Waals surface area (Å²) in [5.74, 6) is -1.02. The molecule has 3 N–H and O–H groups in total. The van der Waals surface area contributed by atoms with Gasteiger partial charge in [0.15, 0.2) is 0 Å². The summed E-state index contributed by atoms with van der Waals surface area (Å²) in [6, 6.07) is 18.0. The van der Waals surface area contributed by atoms with Gasteiger partial charge in [0, 0.05) is 6.04 Å². The third-order valence-corrected chi connectivity index (χ3v) is 4.25. The van der Waals surface area contributed by atoms with Crippen molar-refractivity contribution in [2.75, 3.05) is 7.11 Å². The maximum Gasteiger partial charge on any atom is 0.307 e. The summed E-state index contributed by atoms with van der Waals surface area (Å²) in [5.41, 5.74) is 7.98. The van der Waals surface area contributed by atoms with E-state index in [-0.39, 0.29) is 18.3 Å². The van der Waals surface area contributed by atoms with Crippen molar-refractivity contribution in [3.05, 3.63) is 71.8 Å². The molecule has 0 aliphatic carbocycles. The molecule has 3 unspecified atom stereocenters. The van der Waals surface area contributed by atoms with Gasteiger partial charge in [0.05, 0.1) is 25.5 Å². The second-order valence-corrected chi connectivity index (χ2v) is 5.98. The van der Waals surface area contributed by atoms with Gasteiger partial charge in [-0.25, -0.2) is 0 Å². The van der Waals surface area contributed by atoms with Crippen LogP contribution in [0.2, 0.25) is 0 Å². The fraction of sp³-hybridized carbons (Fsp3) is 0.300. The van der Waals surface area contributed by atoms with Crippen molar-refractivity contribution >= 4 is 11.9 Å². The van der Waals surface area contributed by atoms with E-state index >= 15 is 0 Å². The molecule has 0 radical (unpaired) electrons. The molecule has 132 valence electrons. The van der Waals surface area contributed by atoms with E-state index in [1.807, 2.05) is 60.7 Å². The minimum absolute atomic E-state index is 0.0690. The summed E-state index contributed by atoms with van der Waals surface area (Å²) in [7, 11) is 1.33. The predicted molar refractivity (Wildman–Crippen MR) is 96.5 cm³/mol. The highest BCUT2D eigenvalue weighted by Crippen LogP contribution is 2.22. The average Bonchev–Trinajstić information content (AvgIpc) is 2.67. The fourth-order valence-corrected chi connectivity index (χ4v) is 2.62. The first-order valence-corrected chi connectivity index (χ1v) is 8.25. The van der Waals surface area contributed by atoms with E-state index in [1.54, 1.807) is 6.92 Å². The second kappa shape index (κ2) is 8.99. The summed E-state index contributed by atoms with van der Waals surface area (Å²) in [6.07, 6.45) is 0.0690. The highest BCUT2D eigenvalue weighted by atomic mass is 16.5. The van der Waals surface area contributed by atoms with Gasteiger partial charge in [0.2, 0.25) is 5.91 Å². The Morgan fingerprint density at radius 3 is 2.04 bits per heavy atom. The maximum atomic E-state index is 12.7. The molecule has 25 heavy (non-hydrogen) atoms. The van der Waals surface area contributed by atoms with E-state index in [1.165, 1.54) is 7.11 Å². The largest absolute Gasteiger partial charge is 0.469 e. The molecule has 0 heterocycles. The third-order valence-electron chi connectivity index (χ3n) is 4.25. The molecule has 0 aliphatic heterocycles. The van der Waals surface area contributed by atoms with Crippen LogP contribution >= 0.6 is 0 Å². The molecule has 5 nitrogen and oxygen atoms in total. The minimum Gasteiger partial charge on any atom is -0.469 e. The van der Waals surface area contributed by atoms with E-state index in [2.05, 4.69) is 5.32 Å². The van der Waals surface area contributed by atoms with Gasteiger partial charge < -0.3 is 15.8 Å². The van der Waals surface area contributed by atoms with Crippen LogP contribution in [0.25, 0.3) is 0 Å². The van der Waals surface area contributed by atoms with Gasteiger partial charge in [-0.3, -0.25) is 9.59 Å². The van der Waals surface area contributed by atoms with Crippen molar-refractivity contribution in [3.8, 4) is 0 Å². The first-order chi connectivity index (χ1) is 12.0. The lowest BCUT2D eigenvalue weighted by Gasteiger charge is -2.24. The number of nitrogens with two attached hydrogens (primary N) is 1. The zero-order chi connectivity index (χ0) is 18.2. The SMILES string of the molecule is COC(=O)CC(NC(=O)C(C)C(N)c1ccccc1)c1ccccc1. The number of benzene rings is 2. The lowest BCUT2D eigenvalue weighted by atomic mass is 9.93. The summed E-state index contributed by atoms with van der Waals surface area (Å²) >= 11 is 0. The van der Waals surface area contributed by atoms with Gasteiger partial charge in [-0.15, -0.1) is 0 Å². The molecule has 0 saturated heterocycles.